The fourth-order valence-corrected chi connectivity index (χ4v) is 1.99. The molecule has 2 N–H and O–H groups in total. The van der Waals surface area contributed by atoms with E-state index in [2.05, 4.69) is 34.4 Å². The second kappa shape index (κ2) is 8.25. The number of unbranched alkanes of at least 4 members (excludes halogenated alkanes) is 1. The molecule has 0 aliphatic rings. The molecule has 21 heavy (non-hydrogen) atoms. The Labute approximate surface area is 127 Å². The van der Waals surface area contributed by atoms with Crippen LogP contribution < -0.4 is 10.6 Å². The smallest absolute Gasteiger partial charge is 0.163 e. The van der Waals surface area contributed by atoms with Gasteiger partial charge < -0.3 is 10.6 Å². The van der Waals surface area contributed by atoms with Gasteiger partial charge in [0.1, 0.15) is 11.6 Å². The van der Waals surface area contributed by atoms with Crippen LogP contribution in [-0.2, 0) is 0 Å². The number of benzene rings is 1. The van der Waals surface area contributed by atoms with E-state index >= 15 is 0 Å². The van der Waals surface area contributed by atoms with Crippen molar-refractivity contribution < 1.29 is 0 Å². The van der Waals surface area contributed by atoms with Crippen LogP contribution >= 0.6 is 0 Å². The van der Waals surface area contributed by atoms with Crippen LogP contribution in [0.1, 0.15) is 33.1 Å². The SMILES string of the molecule is CCCCNc1cc(NCCC)nc(-c2ccccc2)n1. The molecule has 0 spiro atoms. The molecule has 0 unspecified atom stereocenters. The van der Waals surface area contributed by atoms with Crippen molar-refractivity contribution in [3.05, 3.63) is 36.4 Å². The zero-order valence-corrected chi connectivity index (χ0v) is 12.9. The van der Waals surface area contributed by atoms with Crippen LogP contribution in [0.2, 0.25) is 0 Å². The van der Waals surface area contributed by atoms with Crippen molar-refractivity contribution in [2.24, 2.45) is 0 Å². The van der Waals surface area contributed by atoms with E-state index in [0.29, 0.717) is 0 Å². The second-order valence-electron chi connectivity index (χ2n) is 5.04. The van der Waals surface area contributed by atoms with Crippen LogP contribution in [0.3, 0.4) is 0 Å². The van der Waals surface area contributed by atoms with E-state index in [9.17, 15) is 0 Å². The molecule has 0 fully saturated rings. The average molecular weight is 284 g/mol. The van der Waals surface area contributed by atoms with E-state index in [1.165, 1.54) is 6.42 Å². The molecule has 0 radical (unpaired) electrons. The minimum atomic E-state index is 0.760. The van der Waals surface area contributed by atoms with E-state index in [1.54, 1.807) is 0 Å². The highest BCUT2D eigenvalue weighted by Crippen LogP contribution is 2.20. The number of hydrogen-bond donors (Lipinski definition) is 2. The lowest BCUT2D eigenvalue weighted by Crippen LogP contribution is -2.08. The van der Waals surface area contributed by atoms with E-state index in [-0.39, 0.29) is 0 Å². The third kappa shape index (κ3) is 4.74. The summed E-state index contributed by atoms with van der Waals surface area (Å²) in [6.45, 7) is 6.19. The Morgan fingerprint density at radius 1 is 0.857 bits per heavy atom. The molecule has 1 aromatic carbocycles. The molecule has 112 valence electrons. The van der Waals surface area contributed by atoms with Gasteiger partial charge in [-0.25, -0.2) is 9.97 Å². The van der Waals surface area contributed by atoms with Gasteiger partial charge in [-0.1, -0.05) is 50.6 Å². The van der Waals surface area contributed by atoms with Gasteiger partial charge in [0.15, 0.2) is 5.82 Å². The summed E-state index contributed by atoms with van der Waals surface area (Å²) >= 11 is 0. The number of anilines is 2. The highest BCUT2D eigenvalue weighted by Gasteiger charge is 2.06. The van der Waals surface area contributed by atoms with Crippen LogP contribution in [0.4, 0.5) is 11.6 Å². The van der Waals surface area contributed by atoms with E-state index in [1.807, 2.05) is 36.4 Å². The molecule has 0 atom stereocenters. The molecular formula is C17H24N4. The number of rotatable bonds is 8. The molecule has 2 rings (SSSR count). The van der Waals surface area contributed by atoms with E-state index in [4.69, 9.17) is 0 Å². The third-order valence-electron chi connectivity index (χ3n) is 3.15. The van der Waals surface area contributed by atoms with Gasteiger partial charge >= 0.3 is 0 Å². The summed E-state index contributed by atoms with van der Waals surface area (Å²) in [6.07, 6.45) is 3.39. The first-order valence-corrected chi connectivity index (χ1v) is 7.75. The predicted octanol–water partition coefficient (Wildman–Crippen LogP) is 4.18. The Bertz CT molecular complexity index is 540. The number of nitrogens with zero attached hydrogens (tertiary/aromatic N) is 2. The van der Waals surface area contributed by atoms with Gasteiger partial charge in [-0.3, -0.25) is 0 Å². The monoisotopic (exact) mass is 284 g/mol. The molecule has 0 saturated carbocycles. The van der Waals surface area contributed by atoms with Crippen molar-refractivity contribution in [3.63, 3.8) is 0 Å². The number of nitrogens with one attached hydrogen (secondary N) is 2. The Balaban J connectivity index is 2.23. The fraction of sp³-hybridized carbons (Fsp3) is 0.412. The van der Waals surface area contributed by atoms with E-state index < -0.39 is 0 Å². The van der Waals surface area contributed by atoms with E-state index in [0.717, 1.165) is 49.0 Å². The standard InChI is InChI=1S/C17H24N4/c1-3-5-12-19-16-13-15(18-11-4-2)20-17(21-16)14-9-7-6-8-10-14/h6-10,13H,3-5,11-12H2,1-2H3,(H2,18,19,20,21). The van der Waals surface area contributed by atoms with Gasteiger partial charge in [-0.2, -0.15) is 0 Å². The molecule has 1 heterocycles. The Morgan fingerprint density at radius 2 is 1.52 bits per heavy atom. The fourth-order valence-electron chi connectivity index (χ4n) is 1.99. The minimum Gasteiger partial charge on any atom is -0.370 e. The first-order valence-electron chi connectivity index (χ1n) is 7.75. The van der Waals surface area contributed by atoms with Crippen LogP contribution in [0.5, 0.6) is 0 Å². The van der Waals surface area contributed by atoms with Crippen LogP contribution in [-0.4, -0.2) is 23.1 Å². The first-order chi connectivity index (χ1) is 10.3. The summed E-state index contributed by atoms with van der Waals surface area (Å²) in [6, 6.07) is 12.1. The molecule has 0 aliphatic heterocycles. The van der Waals surface area contributed by atoms with Crippen LogP contribution in [0, 0.1) is 0 Å². The minimum absolute atomic E-state index is 0.760. The highest BCUT2D eigenvalue weighted by molar-refractivity contribution is 5.61. The van der Waals surface area contributed by atoms with Gasteiger partial charge in [0, 0.05) is 24.7 Å². The summed E-state index contributed by atoms with van der Waals surface area (Å²) in [5.74, 6) is 2.52. The molecule has 0 amide bonds. The molecule has 4 heteroatoms. The number of aromatic nitrogens is 2. The normalized spacial score (nSPS) is 10.4. The summed E-state index contributed by atoms with van der Waals surface area (Å²) in [5, 5.41) is 6.73. The Kier molecular flexibility index (Phi) is 6.00. The Morgan fingerprint density at radius 3 is 2.14 bits per heavy atom. The summed E-state index contributed by atoms with van der Waals surface area (Å²) in [5.41, 5.74) is 1.04. The molecule has 0 bridgehead atoms. The maximum atomic E-state index is 4.62. The zero-order valence-electron chi connectivity index (χ0n) is 12.9. The topological polar surface area (TPSA) is 49.8 Å². The van der Waals surface area contributed by atoms with Crippen molar-refractivity contribution in [2.45, 2.75) is 33.1 Å². The summed E-state index contributed by atoms with van der Waals surface area (Å²) in [7, 11) is 0. The highest BCUT2D eigenvalue weighted by atomic mass is 15.1. The largest absolute Gasteiger partial charge is 0.370 e. The van der Waals surface area contributed by atoms with Gasteiger partial charge in [0.25, 0.3) is 0 Å². The first kappa shape index (κ1) is 15.3. The lowest BCUT2D eigenvalue weighted by Gasteiger charge is -2.11. The Hall–Kier alpha value is -2.10. The lowest BCUT2D eigenvalue weighted by molar-refractivity contribution is 0.830. The van der Waals surface area contributed by atoms with Gasteiger partial charge in [0.05, 0.1) is 0 Å². The third-order valence-corrected chi connectivity index (χ3v) is 3.15. The molecule has 2 aromatic rings. The predicted molar refractivity (Wildman–Crippen MR) is 89.6 cm³/mol. The van der Waals surface area contributed by atoms with Crippen molar-refractivity contribution in [1.82, 2.24) is 9.97 Å². The van der Waals surface area contributed by atoms with Crippen molar-refractivity contribution in [1.29, 1.82) is 0 Å². The van der Waals surface area contributed by atoms with Gasteiger partial charge in [0.2, 0.25) is 0 Å². The maximum absolute atomic E-state index is 4.62. The molecule has 4 nitrogen and oxygen atoms in total. The maximum Gasteiger partial charge on any atom is 0.163 e. The van der Waals surface area contributed by atoms with Crippen LogP contribution in [0.15, 0.2) is 36.4 Å². The van der Waals surface area contributed by atoms with Crippen molar-refractivity contribution in [3.8, 4) is 11.4 Å². The summed E-state index contributed by atoms with van der Waals surface area (Å²) < 4.78 is 0. The zero-order chi connectivity index (χ0) is 14.9. The van der Waals surface area contributed by atoms with Crippen LogP contribution in [0.25, 0.3) is 11.4 Å². The summed E-state index contributed by atoms with van der Waals surface area (Å²) in [4.78, 5) is 9.23. The quantitative estimate of drug-likeness (QED) is 0.714. The lowest BCUT2D eigenvalue weighted by atomic mass is 10.2. The van der Waals surface area contributed by atoms with Crippen molar-refractivity contribution >= 4 is 11.6 Å². The molecule has 0 saturated heterocycles. The molecule has 1 aromatic heterocycles. The van der Waals surface area contributed by atoms with Gasteiger partial charge in [-0.15, -0.1) is 0 Å². The second-order valence-corrected chi connectivity index (χ2v) is 5.04. The molecule has 0 aliphatic carbocycles. The average Bonchev–Trinajstić information content (AvgIpc) is 2.54. The van der Waals surface area contributed by atoms with Gasteiger partial charge in [-0.05, 0) is 12.8 Å². The number of hydrogen-bond acceptors (Lipinski definition) is 4. The molecular weight excluding hydrogens is 260 g/mol. The van der Waals surface area contributed by atoms with Crippen molar-refractivity contribution in [2.75, 3.05) is 23.7 Å².